The third kappa shape index (κ3) is 3.89. The number of amides is 1. The molecule has 1 atom stereocenters. The van der Waals surface area contributed by atoms with Crippen LogP contribution in [-0.2, 0) is 4.79 Å². The van der Waals surface area contributed by atoms with Crippen LogP contribution >= 0.6 is 11.3 Å². The Bertz CT molecular complexity index is 832. The predicted molar refractivity (Wildman–Crippen MR) is 102 cm³/mol. The SMILES string of the molecule is CCC(C)c1ccc(NC(=O)C=Cc2nc3ccccc3s2)cc1. The van der Waals surface area contributed by atoms with Crippen molar-refractivity contribution in [3.8, 4) is 0 Å². The van der Waals surface area contributed by atoms with Crippen molar-refractivity contribution >= 4 is 39.2 Å². The predicted octanol–water partition coefficient (Wildman–Crippen LogP) is 5.46. The number of thiazole rings is 1. The van der Waals surface area contributed by atoms with Crippen LogP contribution in [-0.4, -0.2) is 10.9 Å². The highest BCUT2D eigenvalue weighted by Crippen LogP contribution is 2.23. The van der Waals surface area contributed by atoms with Gasteiger partial charge in [0.05, 0.1) is 10.2 Å². The molecule has 24 heavy (non-hydrogen) atoms. The zero-order chi connectivity index (χ0) is 16.9. The highest BCUT2D eigenvalue weighted by atomic mass is 32.1. The Labute approximate surface area is 146 Å². The Morgan fingerprint density at radius 3 is 2.67 bits per heavy atom. The second-order valence-corrected chi connectivity index (χ2v) is 6.84. The molecule has 0 radical (unpaired) electrons. The van der Waals surface area contributed by atoms with Crippen LogP contribution in [0, 0.1) is 0 Å². The maximum absolute atomic E-state index is 12.1. The molecule has 0 aliphatic heterocycles. The number of carbonyl (C=O) groups is 1. The zero-order valence-corrected chi connectivity index (χ0v) is 14.6. The number of benzene rings is 2. The Hall–Kier alpha value is -2.46. The summed E-state index contributed by atoms with van der Waals surface area (Å²) in [6.07, 6.45) is 4.39. The molecule has 3 nitrogen and oxygen atoms in total. The molecule has 1 unspecified atom stereocenters. The van der Waals surface area contributed by atoms with Crippen molar-refractivity contribution in [2.24, 2.45) is 0 Å². The summed E-state index contributed by atoms with van der Waals surface area (Å²) in [7, 11) is 0. The molecule has 3 aromatic rings. The van der Waals surface area contributed by atoms with Gasteiger partial charge in [0.15, 0.2) is 0 Å². The fourth-order valence-electron chi connectivity index (χ4n) is 2.42. The second-order valence-electron chi connectivity index (χ2n) is 5.77. The smallest absolute Gasteiger partial charge is 0.248 e. The summed E-state index contributed by atoms with van der Waals surface area (Å²) in [6, 6.07) is 16.0. The van der Waals surface area contributed by atoms with E-state index in [1.54, 1.807) is 17.4 Å². The summed E-state index contributed by atoms with van der Waals surface area (Å²) in [6.45, 7) is 4.38. The molecule has 1 amide bonds. The van der Waals surface area contributed by atoms with Gasteiger partial charge in [-0.15, -0.1) is 11.3 Å². The van der Waals surface area contributed by atoms with Gasteiger partial charge in [-0.1, -0.05) is 38.1 Å². The average molecular weight is 336 g/mol. The van der Waals surface area contributed by atoms with Crippen LogP contribution in [0.5, 0.6) is 0 Å². The first kappa shape index (κ1) is 16.4. The van der Waals surface area contributed by atoms with E-state index in [2.05, 4.69) is 36.3 Å². The van der Waals surface area contributed by atoms with Gasteiger partial charge < -0.3 is 5.32 Å². The number of fused-ring (bicyclic) bond motifs is 1. The van der Waals surface area contributed by atoms with Crippen molar-refractivity contribution in [3.63, 3.8) is 0 Å². The van der Waals surface area contributed by atoms with E-state index in [-0.39, 0.29) is 5.91 Å². The van der Waals surface area contributed by atoms with Crippen molar-refractivity contribution in [2.75, 3.05) is 5.32 Å². The van der Waals surface area contributed by atoms with E-state index in [1.165, 1.54) is 11.6 Å². The van der Waals surface area contributed by atoms with Crippen LogP contribution < -0.4 is 5.32 Å². The fraction of sp³-hybridized carbons (Fsp3) is 0.200. The molecule has 4 heteroatoms. The number of carbonyl (C=O) groups excluding carboxylic acids is 1. The first-order valence-corrected chi connectivity index (χ1v) is 8.92. The van der Waals surface area contributed by atoms with Gasteiger partial charge in [-0.3, -0.25) is 4.79 Å². The summed E-state index contributed by atoms with van der Waals surface area (Å²) in [5.74, 6) is 0.388. The molecule has 0 bridgehead atoms. The van der Waals surface area contributed by atoms with E-state index in [0.29, 0.717) is 5.92 Å². The standard InChI is InChI=1S/C20H20N2OS/c1-3-14(2)15-8-10-16(11-9-15)21-19(23)12-13-20-22-17-6-4-5-7-18(17)24-20/h4-14H,3H2,1-2H3,(H,21,23). The molecule has 1 aromatic heterocycles. The molecule has 0 aliphatic carbocycles. The van der Waals surface area contributed by atoms with Gasteiger partial charge in [-0.05, 0) is 48.2 Å². The molecule has 0 aliphatic rings. The number of aromatic nitrogens is 1. The quantitative estimate of drug-likeness (QED) is 0.628. The maximum Gasteiger partial charge on any atom is 0.248 e. The minimum Gasteiger partial charge on any atom is -0.323 e. The lowest BCUT2D eigenvalue weighted by molar-refractivity contribution is -0.111. The Balaban J connectivity index is 1.64. The van der Waals surface area contributed by atoms with Crippen LogP contribution in [0.1, 0.15) is 36.8 Å². The summed E-state index contributed by atoms with van der Waals surface area (Å²) >= 11 is 1.58. The van der Waals surface area contributed by atoms with Gasteiger partial charge in [0, 0.05) is 11.8 Å². The summed E-state index contributed by atoms with van der Waals surface area (Å²) in [5.41, 5.74) is 3.06. The third-order valence-electron chi connectivity index (χ3n) is 4.05. The number of rotatable bonds is 5. The van der Waals surface area contributed by atoms with E-state index in [9.17, 15) is 4.79 Å². The topological polar surface area (TPSA) is 42.0 Å². The number of anilines is 1. The Morgan fingerprint density at radius 1 is 1.21 bits per heavy atom. The largest absolute Gasteiger partial charge is 0.323 e. The second kappa shape index (κ2) is 7.41. The minimum atomic E-state index is -0.148. The summed E-state index contributed by atoms with van der Waals surface area (Å²) < 4.78 is 1.12. The highest BCUT2D eigenvalue weighted by Gasteiger charge is 2.04. The van der Waals surface area contributed by atoms with Crippen LogP contribution in [0.25, 0.3) is 16.3 Å². The highest BCUT2D eigenvalue weighted by molar-refractivity contribution is 7.19. The van der Waals surface area contributed by atoms with E-state index in [1.807, 2.05) is 36.4 Å². The van der Waals surface area contributed by atoms with Crippen LogP contribution in [0.4, 0.5) is 5.69 Å². The monoisotopic (exact) mass is 336 g/mol. The number of nitrogens with zero attached hydrogens (tertiary/aromatic N) is 1. The molecule has 0 saturated heterocycles. The molecule has 0 fully saturated rings. The first-order chi connectivity index (χ1) is 11.7. The van der Waals surface area contributed by atoms with Gasteiger partial charge in [0.1, 0.15) is 5.01 Å². The lowest BCUT2D eigenvalue weighted by Crippen LogP contribution is -2.07. The molecule has 2 aromatic carbocycles. The molecule has 122 valence electrons. The van der Waals surface area contributed by atoms with E-state index in [4.69, 9.17) is 0 Å². The molecule has 1 N–H and O–H groups in total. The first-order valence-electron chi connectivity index (χ1n) is 8.10. The van der Waals surface area contributed by atoms with Gasteiger partial charge in [0.25, 0.3) is 0 Å². The third-order valence-corrected chi connectivity index (χ3v) is 5.05. The normalized spacial score (nSPS) is 12.6. The molecular formula is C20H20N2OS. The van der Waals surface area contributed by atoms with Crippen LogP contribution in [0.2, 0.25) is 0 Å². The maximum atomic E-state index is 12.1. The summed E-state index contributed by atoms with van der Waals surface area (Å²) in [4.78, 5) is 16.5. The number of nitrogens with one attached hydrogen (secondary N) is 1. The van der Waals surface area contributed by atoms with Crippen molar-refractivity contribution in [1.82, 2.24) is 4.98 Å². The van der Waals surface area contributed by atoms with Crippen molar-refractivity contribution in [1.29, 1.82) is 0 Å². The van der Waals surface area contributed by atoms with E-state index >= 15 is 0 Å². The van der Waals surface area contributed by atoms with E-state index in [0.717, 1.165) is 27.3 Å². The van der Waals surface area contributed by atoms with Crippen molar-refractivity contribution in [2.45, 2.75) is 26.2 Å². The van der Waals surface area contributed by atoms with Gasteiger partial charge in [0.2, 0.25) is 5.91 Å². The van der Waals surface area contributed by atoms with Gasteiger partial charge in [-0.25, -0.2) is 4.98 Å². The van der Waals surface area contributed by atoms with Crippen molar-refractivity contribution in [3.05, 3.63) is 65.2 Å². The minimum absolute atomic E-state index is 0.148. The number of hydrogen-bond donors (Lipinski definition) is 1. The van der Waals surface area contributed by atoms with E-state index < -0.39 is 0 Å². The number of para-hydroxylation sites is 1. The van der Waals surface area contributed by atoms with Crippen molar-refractivity contribution < 1.29 is 4.79 Å². The fourth-order valence-corrected chi connectivity index (χ4v) is 3.29. The molecule has 0 saturated carbocycles. The number of hydrogen-bond acceptors (Lipinski definition) is 3. The lowest BCUT2D eigenvalue weighted by Gasteiger charge is -2.09. The molecule has 3 rings (SSSR count). The van der Waals surface area contributed by atoms with Gasteiger partial charge >= 0.3 is 0 Å². The van der Waals surface area contributed by atoms with Gasteiger partial charge in [-0.2, -0.15) is 0 Å². The Morgan fingerprint density at radius 2 is 1.96 bits per heavy atom. The zero-order valence-electron chi connectivity index (χ0n) is 13.8. The molecule has 1 heterocycles. The molecule has 0 spiro atoms. The van der Waals surface area contributed by atoms with Crippen LogP contribution in [0.3, 0.4) is 0 Å². The Kier molecular flexibility index (Phi) is 5.06. The average Bonchev–Trinajstić information content (AvgIpc) is 3.03. The van der Waals surface area contributed by atoms with Crippen LogP contribution in [0.15, 0.2) is 54.6 Å². The summed E-state index contributed by atoms with van der Waals surface area (Å²) in [5, 5.41) is 3.71. The lowest BCUT2D eigenvalue weighted by atomic mass is 9.99. The molecular weight excluding hydrogens is 316 g/mol.